The molecule has 2 aliphatic heterocycles. The number of nitrogens with zero attached hydrogens (tertiary/aromatic N) is 2. The smallest absolute Gasteiger partial charge is 0.209 e. The summed E-state index contributed by atoms with van der Waals surface area (Å²) in [5.74, 6) is -1.57. The van der Waals surface area contributed by atoms with Gasteiger partial charge < -0.3 is 4.90 Å². The summed E-state index contributed by atoms with van der Waals surface area (Å²) in [4.78, 5) is 2.34. The third-order valence-electron chi connectivity index (χ3n) is 12.4. The molecule has 0 aliphatic carbocycles. The van der Waals surface area contributed by atoms with E-state index < -0.39 is 29.4 Å². The van der Waals surface area contributed by atoms with Gasteiger partial charge in [-0.3, -0.25) is 0 Å². The van der Waals surface area contributed by atoms with Gasteiger partial charge >= 0.3 is 0 Å². The van der Waals surface area contributed by atoms with Crippen LogP contribution in [0.4, 0.5) is 28.9 Å². The number of anilines is 1. The Morgan fingerprint density at radius 1 is 0.534 bits per heavy atom. The van der Waals surface area contributed by atoms with E-state index in [-0.39, 0.29) is 10.8 Å². The summed E-state index contributed by atoms with van der Waals surface area (Å²) in [5, 5.41) is 0. The number of benzene rings is 6. The van der Waals surface area contributed by atoms with E-state index in [1.165, 1.54) is 93.6 Å². The van der Waals surface area contributed by atoms with Crippen LogP contribution in [0.15, 0.2) is 157 Å². The molecule has 6 aromatic rings. The van der Waals surface area contributed by atoms with Crippen molar-refractivity contribution in [2.75, 3.05) is 19.0 Å². The van der Waals surface area contributed by atoms with Gasteiger partial charge in [0.25, 0.3) is 0 Å². The Morgan fingerprint density at radius 3 is 1.36 bits per heavy atom. The van der Waals surface area contributed by atoms with E-state index in [4.69, 9.17) is 0 Å². The molecule has 58 heavy (non-hydrogen) atoms. The number of aryl methyl sites for hydroxylation is 2. The van der Waals surface area contributed by atoms with Crippen LogP contribution >= 0.6 is 0 Å². The summed E-state index contributed by atoms with van der Waals surface area (Å²) in [7, 11) is 4.36. The van der Waals surface area contributed by atoms with Crippen LogP contribution in [0.2, 0.25) is 0 Å². The van der Waals surface area contributed by atoms with Crippen molar-refractivity contribution < 1.29 is 22.1 Å². The van der Waals surface area contributed by atoms with Crippen molar-refractivity contribution in [3.8, 4) is 0 Å². The second-order valence-electron chi connectivity index (χ2n) is 16.8. The molecule has 2 aliphatic rings. The van der Waals surface area contributed by atoms with Crippen molar-refractivity contribution in [1.82, 2.24) is 0 Å². The molecule has 0 radical (unpaired) electrons. The van der Waals surface area contributed by atoms with Gasteiger partial charge in [0, 0.05) is 41.6 Å². The number of allylic oxidation sites excluding steroid dienone is 4. The highest BCUT2D eigenvalue weighted by Crippen LogP contribution is 2.47. The lowest BCUT2D eigenvalue weighted by Gasteiger charge is -2.44. The SMILES string of the molecule is Cc1ccc2c(c1)C(C)(C)C(/C=C/C=C1/N(C)c3ccc(C)cc3C1(C)C)=[N+]2C.Fc1ccc([B-](c2ccc(F)cc2)(c2ccc(F)cc2)c2ccc(F)cc2)cc1. The lowest BCUT2D eigenvalue weighted by molar-refractivity contribution is -0.401. The van der Waals surface area contributed by atoms with E-state index in [0.717, 1.165) is 21.9 Å². The number of likely N-dealkylation sites (N-methyl/N-ethyl adjacent to an activating group) is 1. The molecule has 6 aromatic carbocycles. The van der Waals surface area contributed by atoms with Crippen LogP contribution in [-0.4, -0.2) is 30.5 Å². The topological polar surface area (TPSA) is 6.25 Å². The van der Waals surface area contributed by atoms with Crippen molar-refractivity contribution in [1.29, 1.82) is 0 Å². The van der Waals surface area contributed by atoms with Gasteiger partial charge in [-0.05, 0) is 100.0 Å². The Morgan fingerprint density at radius 2 is 0.931 bits per heavy atom. The summed E-state index contributed by atoms with van der Waals surface area (Å²) in [5.41, 5.74) is 13.7. The van der Waals surface area contributed by atoms with Crippen LogP contribution < -0.4 is 26.8 Å². The molecular weight excluding hydrogens is 727 g/mol. The first-order chi connectivity index (χ1) is 27.5. The molecule has 0 unspecified atom stereocenters. The maximum absolute atomic E-state index is 13.7. The second kappa shape index (κ2) is 15.4. The lowest BCUT2D eigenvalue weighted by atomic mass is 9.13. The number of hydrogen-bond donors (Lipinski definition) is 0. The first-order valence-corrected chi connectivity index (χ1v) is 19.7. The first kappa shape index (κ1) is 40.3. The van der Waals surface area contributed by atoms with Gasteiger partial charge in [0.1, 0.15) is 36.5 Å². The molecule has 0 aromatic heterocycles. The predicted octanol–water partition coefficient (Wildman–Crippen LogP) is 9.80. The van der Waals surface area contributed by atoms with E-state index in [1.807, 2.05) is 0 Å². The summed E-state index contributed by atoms with van der Waals surface area (Å²) in [6, 6.07) is 37.6. The highest BCUT2D eigenvalue weighted by molar-refractivity contribution is 7.19. The van der Waals surface area contributed by atoms with E-state index in [2.05, 4.69) is 120 Å². The molecule has 294 valence electrons. The third kappa shape index (κ3) is 7.12. The zero-order chi connectivity index (χ0) is 41.6. The third-order valence-corrected chi connectivity index (χ3v) is 12.4. The minimum atomic E-state index is -1.94. The van der Waals surface area contributed by atoms with Crippen LogP contribution in [0.5, 0.6) is 0 Å². The fourth-order valence-corrected chi connectivity index (χ4v) is 9.29. The molecule has 0 N–H and O–H groups in total. The Labute approximate surface area is 340 Å². The summed E-state index contributed by atoms with van der Waals surface area (Å²) in [6.07, 6.45) is 4.88. The molecule has 0 fully saturated rings. The zero-order valence-electron chi connectivity index (χ0n) is 34.4. The van der Waals surface area contributed by atoms with E-state index >= 15 is 0 Å². The van der Waals surface area contributed by atoms with Crippen molar-refractivity contribution >= 4 is 45.1 Å². The molecule has 2 heterocycles. The minimum Gasteiger partial charge on any atom is -0.347 e. The van der Waals surface area contributed by atoms with E-state index in [1.54, 1.807) is 48.5 Å². The second-order valence-corrected chi connectivity index (χ2v) is 16.8. The Kier molecular flexibility index (Phi) is 10.7. The molecule has 0 amide bonds. The molecule has 8 rings (SSSR count). The number of halogens is 4. The van der Waals surface area contributed by atoms with Gasteiger partial charge in [0.2, 0.25) is 5.69 Å². The average Bonchev–Trinajstić information content (AvgIpc) is 3.50. The van der Waals surface area contributed by atoms with Crippen molar-refractivity contribution in [3.05, 3.63) is 203 Å². The molecule has 2 nitrogen and oxygen atoms in total. The zero-order valence-corrected chi connectivity index (χ0v) is 34.4. The van der Waals surface area contributed by atoms with E-state index in [9.17, 15) is 17.6 Å². The van der Waals surface area contributed by atoms with Gasteiger partial charge in [-0.1, -0.05) is 97.8 Å². The Balaban J connectivity index is 0.000000177. The highest BCUT2D eigenvalue weighted by atomic mass is 19.1. The summed E-state index contributed by atoms with van der Waals surface area (Å²) >= 11 is 0. The quantitative estimate of drug-likeness (QED) is 0.0928. The van der Waals surface area contributed by atoms with E-state index in [0.29, 0.717) is 0 Å². The van der Waals surface area contributed by atoms with Crippen LogP contribution in [-0.2, 0) is 10.8 Å². The summed E-state index contributed by atoms with van der Waals surface area (Å²) in [6.45, 7) is 13.6. The van der Waals surface area contributed by atoms with Gasteiger partial charge in [-0.15, -0.1) is 0 Å². The fraction of sp³-hybridized carbons (Fsp3) is 0.196. The standard InChI is InChI=1S/C27H33N2.C24H16BF4/c1-18-12-14-22-20(16-18)26(3,4)24(28(22)7)10-9-11-25-27(5,6)21-17-19(2)13-15-23(21)29(25)8;26-21-9-1-17(2-10-21)25(18-3-11-22(27)12-4-18,19-5-13-23(28)14-6-19)20-7-15-24(29)16-8-20/h9-17H,1-8H3;1-16H/q+1;-1. The van der Waals surface area contributed by atoms with Crippen LogP contribution in [0.1, 0.15) is 49.9 Å². The molecule has 0 spiro atoms. The molecule has 0 saturated carbocycles. The van der Waals surface area contributed by atoms with Crippen LogP contribution in [0.3, 0.4) is 0 Å². The molecule has 7 heteroatoms. The monoisotopic (exact) mass is 776 g/mol. The molecular formula is C51H49BF4N2. The Bertz CT molecular complexity index is 2380. The largest absolute Gasteiger partial charge is 0.347 e. The van der Waals surface area contributed by atoms with Gasteiger partial charge in [0.05, 0.1) is 5.41 Å². The minimum absolute atomic E-state index is 0.00226. The van der Waals surface area contributed by atoms with Crippen LogP contribution in [0, 0.1) is 37.1 Å². The molecule has 0 saturated heterocycles. The lowest BCUT2D eigenvalue weighted by Crippen LogP contribution is -2.74. The molecule has 0 bridgehead atoms. The van der Waals surface area contributed by atoms with Gasteiger partial charge in [-0.2, -0.15) is 26.4 Å². The van der Waals surface area contributed by atoms with Crippen molar-refractivity contribution in [3.63, 3.8) is 0 Å². The van der Waals surface area contributed by atoms with Crippen LogP contribution in [0.25, 0.3) is 0 Å². The average molecular weight is 777 g/mol. The van der Waals surface area contributed by atoms with Crippen molar-refractivity contribution in [2.24, 2.45) is 0 Å². The predicted molar refractivity (Wildman–Crippen MR) is 235 cm³/mol. The van der Waals surface area contributed by atoms with Gasteiger partial charge in [0.15, 0.2) is 5.71 Å². The fourth-order valence-electron chi connectivity index (χ4n) is 9.29. The normalized spacial score (nSPS) is 16.1. The highest BCUT2D eigenvalue weighted by Gasteiger charge is 2.43. The maximum atomic E-state index is 13.7. The maximum Gasteiger partial charge on any atom is 0.209 e. The Hall–Kier alpha value is -5.95. The first-order valence-electron chi connectivity index (χ1n) is 19.7. The van der Waals surface area contributed by atoms with Crippen molar-refractivity contribution in [2.45, 2.75) is 52.4 Å². The van der Waals surface area contributed by atoms with Gasteiger partial charge in [-0.25, -0.2) is 17.6 Å². The number of hydrogen-bond acceptors (Lipinski definition) is 1. The molecule has 0 atom stereocenters. The number of fused-ring (bicyclic) bond motifs is 2. The summed E-state index contributed by atoms with van der Waals surface area (Å²) < 4.78 is 57.1. The number of rotatable bonds is 6.